The van der Waals surface area contributed by atoms with E-state index in [1.165, 1.54) is 11.9 Å². The zero-order valence-electron chi connectivity index (χ0n) is 8.39. The molecule has 1 rings (SSSR count). The lowest BCUT2D eigenvalue weighted by atomic mass is 10.1. The number of hydrogen-bond acceptors (Lipinski definition) is 2. The fourth-order valence-electron chi connectivity index (χ4n) is 1.48. The van der Waals surface area contributed by atoms with E-state index in [1.54, 1.807) is 6.92 Å². The summed E-state index contributed by atoms with van der Waals surface area (Å²) >= 11 is 0. The second-order valence-electron chi connectivity index (χ2n) is 3.38. The van der Waals surface area contributed by atoms with Gasteiger partial charge in [-0.05, 0) is 19.8 Å². The Kier molecular flexibility index (Phi) is 2.86. The molecule has 0 aromatic heterocycles. The zero-order valence-corrected chi connectivity index (χ0v) is 8.39. The molecule has 0 saturated carbocycles. The van der Waals surface area contributed by atoms with Gasteiger partial charge < -0.3 is 0 Å². The van der Waals surface area contributed by atoms with Crippen LogP contribution in [0, 0.1) is 0 Å². The molecule has 1 aliphatic rings. The van der Waals surface area contributed by atoms with Crippen LogP contribution in [-0.2, 0) is 9.59 Å². The smallest absolute Gasteiger partial charge is 0.256 e. The Hall–Kier alpha value is -1.12. The molecule has 0 fully saturated rings. The van der Waals surface area contributed by atoms with Crippen molar-refractivity contribution in [1.82, 2.24) is 4.90 Å². The lowest BCUT2D eigenvalue weighted by Gasteiger charge is -2.05. The Morgan fingerprint density at radius 3 is 2.23 bits per heavy atom. The highest BCUT2D eigenvalue weighted by Crippen LogP contribution is 2.22. The number of likely N-dealkylation sites (N-methyl/N-ethyl adjacent to an activating group) is 1. The maximum atomic E-state index is 11.5. The first-order chi connectivity index (χ1) is 6.09. The van der Waals surface area contributed by atoms with Gasteiger partial charge in [-0.25, -0.2) is 0 Å². The van der Waals surface area contributed by atoms with Crippen LogP contribution in [0.5, 0.6) is 0 Å². The number of carbonyl (C=O) groups excluding carboxylic acids is 2. The van der Waals surface area contributed by atoms with Gasteiger partial charge in [0.25, 0.3) is 11.8 Å². The number of hydrogen-bond donors (Lipinski definition) is 0. The van der Waals surface area contributed by atoms with Crippen LogP contribution in [0.15, 0.2) is 11.1 Å². The molecule has 0 N–H and O–H groups in total. The summed E-state index contributed by atoms with van der Waals surface area (Å²) in [6.45, 7) is 3.80. The van der Waals surface area contributed by atoms with E-state index in [0.717, 1.165) is 19.3 Å². The van der Waals surface area contributed by atoms with E-state index in [4.69, 9.17) is 0 Å². The van der Waals surface area contributed by atoms with Gasteiger partial charge in [-0.15, -0.1) is 0 Å². The zero-order chi connectivity index (χ0) is 10.0. The molecular weight excluding hydrogens is 166 g/mol. The first-order valence-corrected chi connectivity index (χ1v) is 4.61. The van der Waals surface area contributed by atoms with Gasteiger partial charge in [0.2, 0.25) is 0 Å². The molecule has 0 aliphatic carbocycles. The molecule has 0 radical (unpaired) electrons. The topological polar surface area (TPSA) is 37.4 Å². The van der Waals surface area contributed by atoms with Crippen LogP contribution in [0.3, 0.4) is 0 Å². The van der Waals surface area contributed by atoms with E-state index in [1.807, 2.05) is 0 Å². The van der Waals surface area contributed by atoms with Crippen molar-refractivity contribution < 1.29 is 9.59 Å². The first kappa shape index (κ1) is 9.96. The molecule has 0 aromatic rings. The Labute approximate surface area is 78.4 Å². The minimum absolute atomic E-state index is 0.115. The van der Waals surface area contributed by atoms with Crippen molar-refractivity contribution in [3.05, 3.63) is 11.1 Å². The molecule has 3 nitrogen and oxygen atoms in total. The summed E-state index contributed by atoms with van der Waals surface area (Å²) in [5.41, 5.74) is 1.33. The Balaban J connectivity index is 2.81. The number of imide groups is 1. The largest absolute Gasteiger partial charge is 0.278 e. The van der Waals surface area contributed by atoms with Crippen molar-refractivity contribution in [3.63, 3.8) is 0 Å². The molecule has 0 atom stereocenters. The molecule has 0 aromatic carbocycles. The van der Waals surface area contributed by atoms with Crippen LogP contribution in [-0.4, -0.2) is 23.8 Å². The van der Waals surface area contributed by atoms with Gasteiger partial charge in [-0.2, -0.15) is 0 Å². The molecule has 13 heavy (non-hydrogen) atoms. The van der Waals surface area contributed by atoms with Crippen LogP contribution in [0.25, 0.3) is 0 Å². The number of carbonyl (C=O) groups is 2. The minimum Gasteiger partial charge on any atom is -0.278 e. The number of unbranched alkanes of at least 4 members (excludes halogenated alkanes) is 1. The van der Waals surface area contributed by atoms with Crippen LogP contribution in [0.4, 0.5) is 0 Å². The minimum atomic E-state index is -0.142. The average molecular weight is 181 g/mol. The van der Waals surface area contributed by atoms with Crippen molar-refractivity contribution in [2.45, 2.75) is 33.1 Å². The lowest BCUT2D eigenvalue weighted by molar-refractivity contribution is -0.135. The monoisotopic (exact) mass is 181 g/mol. The van der Waals surface area contributed by atoms with E-state index in [-0.39, 0.29) is 11.8 Å². The summed E-state index contributed by atoms with van der Waals surface area (Å²) in [5, 5.41) is 0. The van der Waals surface area contributed by atoms with Gasteiger partial charge in [-0.3, -0.25) is 14.5 Å². The fraction of sp³-hybridized carbons (Fsp3) is 0.600. The summed E-state index contributed by atoms with van der Waals surface area (Å²) in [6, 6.07) is 0. The highest BCUT2D eigenvalue weighted by molar-refractivity contribution is 6.18. The number of amides is 2. The van der Waals surface area contributed by atoms with Gasteiger partial charge in [-0.1, -0.05) is 13.3 Å². The molecule has 0 unspecified atom stereocenters. The molecule has 72 valence electrons. The fourth-order valence-corrected chi connectivity index (χ4v) is 1.48. The molecule has 2 amide bonds. The summed E-state index contributed by atoms with van der Waals surface area (Å²) in [7, 11) is 1.53. The van der Waals surface area contributed by atoms with Gasteiger partial charge in [0.05, 0.1) is 0 Å². The van der Waals surface area contributed by atoms with Crippen LogP contribution < -0.4 is 0 Å². The third kappa shape index (κ3) is 1.64. The molecule has 1 heterocycles. The van der Waals surface area contributed by atoms with Gasteiger partial charge in [0.1, 0.15) is 0 Å². The maximum absolute atomic E-state index is 11.5. The predicted molar refractivity (Wildman–Crippen MR) is 50.0 cm³/mol. The van der Waals surface area contributed by atoms with E-state index in [9.17, 15) is 9.59 Å². The molecule has 1 aliphatic heterocycles. The van der Waals surface area contributed by atoms with Crippen molar-refractivity contribution in [1.29, 1.82) is 0 Å². The average Bonchev–Trinajstić information content (AvgIpc) is 2.30. The number of rotatable bonds is 3. The molecule has 0 saturated heterocycles. The van der Waals surface area contributed by atoms with E-state index in [0.29, 0.717) is 11.1 Å². The highest BCUT2D eigenvalue weighted by Gasteiger charge is 2.31. The summed E-state index contributed by atoms with van der Waals surface area (Å²) in [5.74, 6) is -0.257. The van der Waals surface area contributed by atoms with Crippen molar-refractivity contribution in [2.24, 2.45) is 0 Å². The lowest BCUT2D eigenvalue weighted by Crippen LogP contribution is -2.26. The third-order valence-corrected chi connectivity index (χ3v) is 2.42. The summed E-state index contributed by atoms with van der Waals surface area (Å²) in [4.78, 5) is 24.0. The molecular formula is C10H15NO2. The normalized spacial score (nSPS) is 17.6. The van der Waals surface area contributed by atoms with Crippen molar-refractivity contribution >= 4 is 11.8 Å². The van der Waals surface area contributed by atoms with Crippen LogP contribution >= 0.6 is 0 Å². The van der Waals surface area contributed by atoms with Gasteiger partial charge in [0.15, 0.2) is 0 Å². The van der Waals surface area contributed by atoms with E-state index in [2.05, 4.69) is 6.92 Å². The third-order valence-electron chi connectivity index (χ3n) is 2.42. The summed E-state index contributed by atoms with van der Waals surface area (Å²) in [6.07, 6.45) is 2.75. The molecule has 3 heteroatoms. The number of nitrogens with zero attached hydrogens (tertiary/aromatic N) is 1. The Bertz CT molecular complexity index is 279. The maximum Gasteiger partial charge on any atom is 0.256 e. The Morgan fingerprint density at radius 2 is 1.85 bits per heavy atom. The first-order valence-electron chi connectivity index (χ1n) is 4.61. The highest BCUT2D eigenvalue weighted by atomic mass is 16.2. The molecule has 0 bridgehead atoms. The SMILES string of the molecule is CCCCC1=C(C)C(=O)N(C)C1=O. The van der Waals surface area contributed by atoms with Crippen molar-refractivity contribution in [2.75, 3.05) is 7.05 Å². The van der Waals surface area contributed by atoms with Gasteiger partial charge >= 0.3 is 0 Å². The second-order valence-corrected chi connectivity index (χ2v) is 3.38. The van der Waals surface area contributed by atoms with Crippen LogP contribution in [0.1, 0.15) is 33.1 Å². The Morgan fingerprint density at radius 1 is 1.23 bits per heavy atom. The van der Waals surface area contributed by atoms with E-state index >= 15 is 0 Å². The van der Waals surface area contributed by atoms with Gasteiger partial charge in [0, 0.05) is 18.2 Å². The predicted octanol–water partition coefficient (Wildman–Crippen LogP) is 1.49. The van der Waals surface area contributed by atoms with Crippen LogP contribution in [0.2, 0.25) is 0 Å². The summed E-state index contributed by atoms with van der Waals surface area (Å²) < 4.78 is 0. The quantitative estimate of drug-likeness (QED) is 0.618. The second kappa shape index (κ2) is 3.73. The molecule has 0 spiro atoms. The standard InChI is InChI=1S/C10H15NO2/c1-4-5-6-8-7(2)9(12)11(3)10(8)13/h4-6H2,1-3H3. The van der Waals surface area contributed by atoms with E-state index < -0.39 is 0 Å². The van der Waals surface area contributed by atoms with Crippen molar-refractivity contribution in [3.8, 4) is 0 Å².